The fourth-order valence-corrected chi connectivity index (χ4v) is 2.79. The second-order valence-electron chi connectivity index (χ2n) is 4.96. The molecule has 0 heterocycles. The molecular weight excluding hydrogens is 218 g/mol. The van der Waals surface area contributed by atoms with E-state index in [0.717, 1.165) is 10.9 Å². The van der Waals surface area contributed by atoms with E-state index < -0.39 is 0 Å². The van der Waals surface area contributed by atoms with Crippen molar-refractivity contribution >= 4 is 11.6 Å². The highest BCUT2D eigenvalue weighted by molar-refractivity contribution is 6.30. The average Bonchev–Trinajstić information content (AvgIpc) is 2.64. The molecule has 0 radical (unpaired) electrons. The number of hydrogen-bond acceptors (Lipinski definition) is 1. The summed E-state index contributed by atoms with van der Waals surface area (Å²) in [5.74, 6) is 0.807. The topological polar surface area (TPSA) is 12.0 Å². The Hall–Kier alpha value is -0.530. The first-order chi connectivity index (χ1) is 7.66. The third-order valence-corrected chi connectivity index (χ3v) is 3.91. The Balaban J connectivity index is 1.99. The van der Waals surface area contributed by atoms with Gasteiger partial charge in [0.1, 0.15) is 0 Å². The Kier molecular flexibility index (Phi) is 3.88. The molecule has 0 saturated heterocycles. The molecule has 0 aliphatic heterocycles. The molecule has 16 heavy (non-hydrogen) atoms. The van der Waals surface area contributed by atoms with Gasteiger partial charge in [0.2, 0.25) is 0 Å². The van der Waals surface area contributed by atoms with E-state index in [1.807, 2.05) is 12.1 Å². The molecule has 1 saturated carbocycles. The number of hydrogen-bond donors (Lipinski definition) is 1. The van der Waals surface area contributed by atoms with E-state index in [2.05, 4.69) is 31.3 Å². The van der Waals surface area contributed by atoms with Crippen LogP contribution in [0.25, 0.3) is 0 Å². The van der Waals surface area contributed by atoms with Crippen molar-refractivity contribution in [1.29, 1.82) is 0 Å². The summed E-state index contributed by atoms with van der Waals surface area (Å²) in [6.07, 6.45) is 4.03. The molecular formula is C14H20ClN. The lowest BCUT2D eigenvalue weighted by Gasteiger charge is -2.23. The predicted octanol–water partition coefficient (Wildman–Crippen LogP) is 4.18. The smallest absolute Gasteiger partial charge is 0.0409 e. The maximum atomic E-state index is 6.01. The molecule has 1 nitrogen and oxygen atoms in total. The average molecular weight is 238 g/mol. The maximum Gasteiger partial charge on any atom is 0.0409 e. The second kappa shape index (κ2) is 5.20. The fourth-order valence-electron chi connectivity index (χ4n) is 2.59. The lowest BCUT2D eigenvalue weighted by Crippen LogP contribution is -2.33. The van der Waals surface area contributed by atoms with E-state index in [4.69, 9.17) is 11.6 Å². The molecule has 1 aromatic rings. The summed E-state index contributed by atoms with van der Waals surface area (Å²) >= 11 is 6.01. The van der Waals surface area contributed by atoms with Gasteiger partial charge in [0, 0.05) is 17.1 Å². The van der Waals surface area contributed by atoms with E-state index in [-0.39, 0.29) is 0 Å². The van der Waals surface area contributed by atoms with Gasteiger partial charge in [-0.05, 0) is 43.4 Å². The van der Waals surface area contributed by atoms with Crippen LogP contribution in [-0.4, -0.2) is 6.04 Å². The zero-order valence-electron chi connectivity index (χ0n) is 10.0. The van der Waals surface area contributed by atoms with Crippen molar-refractivity contribution < 1.29 is 0 Å². The first-order valence-electron chi connectivity index (χ1n) is 6.18. The molecule has 0 bridgehead atoms. The van der Waals surface area contributed by atoms with Gasteiger partial charge in [-0.1, -0.05) is 37.1 Å². The lowest BCUT2D eigenvalue weighted by molar-refractivity contribution is 0.388. The van der Waals surface area contributed by atoms with E-state index >= 15 is 0 Å². The fraction of sp³-hybridized carbons (Fsp3) is 0.571. The van der Waals surface area contributed by atoms with Crippen molar-refractivity contribution in [3.8, 4) is 0 Å². The zero-order chi connectivity index (χ0) is 11.5. The molecule has 0 aromatic heterocycles. The van der Waals surface area contributed by atoms with Crippen molar-refractivity contribution in [3.63, 3.8) is 0 Å². The molecule has 2 rings (SSSR count). The molecule has 1 aromatic carbocycles. The highest BCUT2D eigenvalue weighted by Gasteiger charge is 2.24. The van der Waals surface area contributed by atoms with Crippen LogP contribution in [0.1, 0.15) is 44.7 Å². The SMILES string of the molecule is CC1CCCC1N[C@@H](C)c1cccc(Cl)c1. The van der Waals surface area contributed by atoms with Crippen LogP contribution in [0.15, 0.2) is 24.3 Å². The summed E-state index contributed by atoms with van der Waals surface area (Å²) in [7, 11) is 0. The molecule has 1 aliphatic rings. The quantitative estimate of drug-likeness (QED) is 0.832. The van der Waals surface area contributed by atoms with Crippen molar-refractivity contribution in [3.05, 3.63) is 34.9 Å². The highest BCUT2D eigenvalue weighted by Crippen LogP contribution is 2.27. The van der Waals surface area contributed by atoms with Gasteiger partial charge in [0.15, 0.2) is 0 Å². The Morgan fingerprint density at radius 2 is 2.19 bits per heavy atom. The largest absolute Gasteiger partial charge is 0.307 e. The van der Waals surface area contributed by atoms with Crippen LogP contribution in [0.5, 0.6) is 0 Å². The van der Waals surface area contributed by atoms with Crippen molar-refractivity contribution in [2.45, 2.75) is 45.2 Å². The molecule has 2 unspecified atom stereocenters. The third-order valence-electron chi connectivity index (χ3n) is 3.67. The Morgan fingerprint density at radius 1 is 1.38 bits per heavy atom. The van der Waals surface area contributed by atoms with E-state index in [1.54, 1.807) is 0 Å². The normalized spacial score (nSPS) is 26.9. The molecule has 1 fully saturated rings. The predicted molar refractivity (Wildman–Crippen MR) is 69.8 cm³/mol. The number of halogens is 1. The van der Waals surface area contributed by atoms with Gasteiger partial charge in [-0.2, -0.15) is 0 Å². The summed E-state index contributed by atoms with van der Waals surface area (Å²) in [5.41, 5.74) is 1.28. The molecule has 2 heteroatoms. The standard InChI is InChI=1S/C14H20ClN/c1-10-5-3-8-14(10)16-11(2)12-6-4-7-13(15)9-12/h4,6-7,9-11,14,16H,3,5,8H2,1-2H3/t10?,11-,14?/m0/s1. The molecule has 1 N–H and O–H groups in total. The van der Waals surface area contributed by atoms with E-state index in [9.17, 15) is 0 Å². The summed E-state index contributed by atoms with van der Waals surface area (Å²) in [4.78, 5) is 0. The van der Waals surface area contributed by atoms with Crippen molar-refractivity contribution in [2.24, 2.45) is 5.92 Å². The van der Waals surface area contributed by atoms with Gasteiger partial charge < -0.3 is 5.32 Å². The molecule has 88 valence electrons. The molecule has 0 spiro atoms. The summed E-state index contributed by atoms with van der Waals surface area (Å²) < 4.78 is 0. The lowest BCUT2D eigenvalue weighted by atomic mass is 10.0. The van der Waals surface area contributed by atoms with E-state index in [0.29, 0.717) is 12.1 Å². The van der Waals surface area contributed by atoms with Gasteiger partial charge in [-0.3, -0.25) is 0 Å². The van der Waals surface area contributed by atoms with Gasteiger partial charge in [0.25, 0.3) is 0 Å². The highest BCUT2D eigenvalue weighted by atomic mass is 35.5. The Labute approximate surface area is 103 Å². The summed E-state index contributed by atoms with van der Waals surface area (Å²) in [5, 5.41) is 4.54. The van der Waals surface area contributed by atoms with Crippen LogP contribution in [0, 0.1) is 5.92 Å². The van der Waals surface area contributed by atoms with Gasteiger partial charge in [-0.25, -0.2) is 0 Å². The van der Waals surface area contributed by atoms with Gasteiger partial charge >= 0.3 is 0 Å². The number of rotatable bonds is 3. The van der Waals surface area contributed by atoms with Crippen LogP contribution in [0.4, 0.5) is 0 Å². The number of nitrogens with one attached hydrogen (secondary N) is 1. The minimum Gasteiger partial charge on any atom is -0.307 e. The first kappa shape index (κ1) is 11.9. The minimum atomic E-state index is 0.393. The van der Waals surface area contributed by atoms with Crippen LogP contribution >= 0.6 is 11.6 Å². The summed E-state index contributed by atoms with van der Waals surface area (Å²) in [6, 6.07) is 9.21. The van der Waals surface area contributed by atoms with Crippen LogP contribution in [0.3, 0.4) is 0 Å². The molecule has 3 atom stereocenters. The minimum absolute atomic E-state index is 0.393. The van der Waals surface area contributed by atoms with Crippen LogP contribution in [0.2, 0.25) is 5.02 Å². The molecule has 1 aliphatic carbocycles. The van der Waals surface area contributed by atoms with Crippen molar-refractivity contribution in [1.82, 2.24) is 5.32 Å². The van der Waals surface area contributed by atoms with Gasteiger partial charge in [0.05, 0.1) is 0 Å². The monoisotopic (exact) mass is 237 g/mol. The Morgan fingerprint density at radius 3 is 2.81 bits per heavy atom. The van der Waals surface area contributed by atoms with Crippen molar-refractivity contribution in [2.75, 3.05) is 0 Å². The summed E-state index contributed by atoms with van der Waals surface area (Å²) in [6.45, 7) is 4.56. The van der Waals surface area contributed by atoms with Crippen LogP contribution < -0.4 is 5.32 Å². The second-order valence-corrected chi connectivity index (χ2v) is 5.39. The third kappa shape index (κ3) is 2.78. The van der Waals surface area contributed by atoms with Crippen LogP contribution in [-0.2, 0) is 0 Å². The first-order valence-corrected chi connectivity index (χ1v) is 6.56. The Bertz CT molecular complexity index is 350. The zero-order valence-corrected chi connectivity index (χ0v) is 10.8. The molecule has 0 amide bonds. The van der Waals surface area contributed by atoms with Gasteiger partial charge in [-0.15, -0.1) is 0 Å². The van der Waals surface area contributed by atoms with E-state index in [1.165, 1.54) is 24.8 Å². The maximum absolute atomic E-state index is 6.01. The number of benzene rings is 1.